The maximum atomic E-state index is 9.37. The fourth-order valence-corrected chi connectivity index (χ4v) is 3.33. The first-order valence-electron chi connectivity index (χ1n) is 9.54. The second kappa shape index (κ2) is 8.34. The Hall–Kier alpha value is -1.68. The fourth-order valence-electron chi connectivity index (χ4n) is 3.33. The molecule has 0 aromatic carbocycles. The van der Waals surface area contributed by atoms with Gasteiger partial charge in [-0.3, -0.25) is 0 Å². The average Bonchev–Trinajstić information content (AvgIpc) is 2.60. The van der Waals surface area contributed by atoms with Crippen LogP contribution in [0.2, 0.25) is 0 Å². The molecular formula is C20H29N3O3. The molecule has 1 aromatic heterocycles. The molecule has 0 amide bonds. The van der Waals surface area contributed by atoms with Gasteiger partial charge in [0.15, 0.2) is 0 Å². The largest absolute Gasteiger partial charge is 0.393 e. The molecule has 0 atom stereocenters. The molecule has 3 rings (SSSR count). The third-order valence-electron chi connectivity index (χ3n) is 4.84. The summed E-state index contributed by atoms with van der Waals surface area (Å²) in [6, 6.07) is 1.93. The highest BCUT2D eigenvalue weighted by molar-refractivity contribution is 5.40. The standard InChI is InChI=1S/C20H29N3O3/c1-4-25-20(2,3)9-5-18-21-10-6-19(22-18)23-11-7-16(8-12-23)26-17-13-15(24)14-17/h6,10,15-17,24H,4,7-8,11-14H2,1-3H3. The molecule has 6 nitrogen and oxygen atoms in total. The molecule has 1 aromatic rings. The van der Waals surface area contributed by atoms with E-state index in [0.29, 0.717) is 12.4 Å². The minimum Gasteiger partial charge on any atom is -0.393 e. The van der Waals surface area contributed by atoms with Crippen molar-refractivity contribution in [1.29, 1.82) is 0 Å². The van der Waals surface area contributed by atoms with Gasteiger partial charge in [0.25, 0.3) is 0 Å². The Labute approximate surface area is 155 Å². The number of hydrogen-bond acceptors (Lipinski definition) is 6. The molecule has 0 radical (unpaired) electrons. The van der Waals surface area contributed by atoms with Crippen LogP contribution in [0, 0.1) is 11.8 Å². The van der Waals surface area contributed by atoms with E-state index >= 15 is 0 Å². The van der Waals surface area contributed by atoms with Gasteiger partial charge in [-0.15, -0.1) is 0 Å². The van der Waals surface area contributed by atoms with Gasteiger partial charge in [0.1, 0.15) is 11.4 Å². The Morgan fingerprint density at radius 2 is 2.00 bits per heavy atom. The van der Waals surface area contributed by atoms with Crippen LogP contribution in [0.15, 0.2) is 12.3 Å². The average molecular weight is 359 g/mol. The lowest BCUT2D eigenvalue weighted by molar-refractivity contribution is -0.108. The molecule has 1 aliphatic carbocycles. The van der Waals surface area contributed by atoms with Crippen molar-refractivity contribution in [2.45, 2.75) is 70.4 Å². The topological polar surface area (TPSA) is 67.7 Å². The van der Waals surface area contributed by atoms with Crippen molar-refractivity contribution in [1.82, 2.24) is 9.97 Å². The predicted molar refractivity (Wildman–Crippen MR) is 100.0 cm³/mol. The molecule has 1 aliphatic heterocycles. The van der Waals surface area contributed by atoms with Crippen LogP contribution >= 0.6 is 0 Å². The third-order valence-corrected chi connectivity index (χ3v) is 4.84. The quantitative estimate of drug-likeness (QED) is 0.813. The van der Waals surface area contributed by atoms with Crippen molar-refractivity contribution in [3.05, 3.63) is 18.1 Å². The fraction of sp³-hybridized carbons (Fsp3) is 0.700. The highest BCUT2D eigenvalue weighted by Crippen LogP contribution is 2.28. The summed E-state index contributed by atoms with van der Waals surface area (Å²) in [6.07, 6.45) is 5.67. The van der Waals surface area contributed by atoms with Crippen LogP contribution in [0.1, 0.15) is 52.3 Å². The lowest BCUT2D eigenvalue weighted by atomic mass is 9.92. The lowest BCUT2D eigenvalue weighted by Crippen LogP contribution is -2.43. The maximum absolute atomic E-state index is 9.37. The molecule has 2 fully saturated rings. The zero-order chi connectivity index (χ0) is 18.6. The summed E-state index contributed by atoms with van der Waals surface area (Å²) in [5.74, 6) is 7.56. The van der Waals surface area contributed by atoms with E-state index in [1.165, 1.54) is 0 Å². The third kappa shape index (κ3) is 5.16. The maximum Gasteiger partial charge on any atom is 0.206 e. The minimum atomic E-state index is -0.501. The van der Waals surface area contributed by atoms with Crippen LogP contribution in [-0.4, -0.2) is 58.7 Å². The predicted octanol–water partition coefficient (Wildman–Crippen LogP) is 2.15. The van der Waals surface area contributed by atoms with Gasteiger partial charge in [0.05, 0.1) is 18.3 Å². The first-order chi connectivity index (χ1) is 12.4. The number of aliphatic hydroxyl groups is 1. The Morgan fingerprint density at radius 3 is 2.65 bits per heavy atom. The van der Waals surface area contributed by atoms with Crippen molar-refractivity contribution in [2.75, 3.05) is 24.6 Å². The van der Waals surface area contributed by atoms with Crippen molar-refractivity contribution >= 4 is 5.82 Å². The summed E-state index contributed by atoms with van der Waals surface area (Å²) < 4.78 is 11.6. The highest BCUT2D eigenvalue weighted by Gasteiger charge is 2.31. The number of anilines is 1. The normalized spacial score (nSPS) is 23.9. The van der Waals surface area contributed by atoms with Gasteiger partial charge >= 0.3 is 0 Å². The van der Waals surface area contributed by atoms with Gasteiger partial charge < -0.3 is 19.5 Å². The van der Waals surface area contributed by atoms with Gasteiger partial charge in [-0.25, -0.2) is 9.97 Å². The number of aromatic nitrogens is 2. The summed E-state index contributed by atoms with van der Waals surface area (Å²) in [5.41, 5.74) is -0.501. The number of piperidine rings is 1. The van der Waals surface area contributed by atoms with Crippen LogP contribution < -0.4 is 4.90 Å². The second-order valence-electron chi connectivity index (χ2n) is 7.50. The number of aliphatic hydroxyl groups excluding tert-OH is 1. The lowest BCUT2D eigenvalue weighted by Gasteiger charge is -2.38. The van der Waals surface area contributed by atoms with E-state index in [4.69, 9.17) is 9.47 Å². The van der Waals surface area contributed by atoms with E-state index in [1.807, 2.05) is 26.8 Å². The van der Waals surface area contributed by atoms with Gasteiger partial charge in [-0.1, -0.05) is 5.92 Å². The van der Waals surface area contributed by atoms with Crippen LogP contribution in [0.3, 0.4) is 0 Å². The number of nitrogens with zero attached hydrogens (tertiary/aromatic N) is 3. The highest BCUT2D eigenvalue weighted by atomic mass is 16.5. The Bertz CT molecular complexity index is 654. The number of ether oxygens (including phenoxy) is 2. The summed E-state index contributed by atoms with van der Waals surface area (Å²) in [6.45, 7) is 8.29. The Morgan fingerprint density at radius 1 is 1.27 bits per heavy atom. The van der Waals surface area contributed by atoms with Crippen molar-refractivity contribution < 1.29 is 14.6 Å². The summed E-state index contributed by atoms with van der Waals surface area (Å²) >= 11 is 0. The van der Waals surface area contributed by atoms with Crippen molar-refractivity contribution in [2.24, 2.45) is 0 Å². The van der Waals surface area contributed by atoms with Gasteiger partial charge in [0.2, 0.25) is 5.82 Å². The molecule has 2 heterocycles. The molecule has 0 unspecified atom stereocenters. The molecule has 0 bridgehead atoms. The van der Waals surface area contributed by atoms with Crippen LogP contribution in [0.4, 0.5) is 5.82 Å². The van der Waals surface area contributed by atoms with Crippen molar-refractivity contribution in [3.63, 3.8) is 0 Å². The Kier molecular flexibility index (Phi) is 6.13. The van der Waals surface area contributed by atoms with Gasteiger partial charge in [0, 0.05) is 25.9 Å². The van der Waals surface area contributed by atoms with Crippen LogP contribution in [0.5, 0.6) is 0 Å². The van der Waals surface area contributed by atoms with E-state index in [9.17, 15) is 5.11 Å². The van der Waals surface area contributed by atoms with E-state index in [-0.39, 0.29) is 18.3 Å². The summed E-state index contributed by atoms with van der Waals surface area (Å²) in [5, 5.41) is 9.37. The molecule has 1 N–H and O–H groups in total. The van der Waals surface area contributed by atoms with Gasteiger partial charge in [-0.05, 0) is 58.4 Å². The van der Waals surface area contributed by atoms with Crippen molar-refractivity contribution in [3.8, 4) is 11.8 Å². The SMILES string of the molecule is CCOC(C)(C)C#Cc1nccc(N2CCC(OC3CC(O)C3)CC2)n1. The molecule has 142 valence electrons. The molecule has 26 heavy (non-hydrogen) atoms. The van der Waals surface area contributed by atoms with Gasteiger partial charge in [-0.2, -0.15) is 0 Å². The molecule has 6 heteroatoms. The molecule has 1 saturated carbocycles. The minimum absolute atomic E-state index is 0.159. The van der Waals surface area contributed by atoms with Crippen LogP contribution in [-0.2, 0) is 9.47 Å². The van der Waals surface area contributed by atoms with Crippen LogP contribution in [0.25, 0.3) is 0 Å². The first-order valence-corrected chi connectivity index (χ1v) is 9.54. The van der Waals surface area contributed by atoms with E-state index < -0.39 is 5.60 Å². The summed E-state index contributed by atoms with van der Waals surface area (Å²) in [4.78, 5) is 11.1. The van der Waals surface area contributed by atoms with E-state index in [2.05, 4.69) is 26.7 Å². The number of hydrogen-bond donors (Lipinski definition) is 1. The number of rotatable bonds is 5. The Balaban J connectivity index is 1.55. The molecule has 0 spiro atoms. The molecule has 2 aliphatic rings. The molecule has 1 saturated heterocycles. The zero-order valence-electron chi connectivity index (χ0n) is 15.9. The zero-order valence-corrected chi connectivity index (χ0v) is 15.9. The monoisotopic (exact) mass is 359 g/mol. The smallest absolute Gasteiger partial charge is 0.206 e. The molecular weight excluding hydrogens is 330 g/mol. The second-order valence-corrected chi connectivity index (χ2v) is 7.50. The first kappa shape index (κ1) is 19.1. The van der Waals surface area contributed by atoms with E-state index in [1.54, 1.807) is 6.20 Å². The summed E-state index contributed by atoms with van der Waals surface area (Å²) in [7, 11) is 0. The van der Waals surface area contributed by atoms with E-state index in [0.717, 1.165) is 44.6 Å².